The lowest BCUT2D eigenvalue weighted by Crippen LogP contribution is -2.45. The molecule has 44 heavy (non-hydrogen) atoms. The van der Waals surface area contributed by atoms with Crippen LogP contribution < -0.4 is 10.6 Å². The number of alkyl halides is 3. The van der Waals surface area contributed by atoms with Gasteiger partial charge in [-0.3, -0.25) is 14.4 Å². The molecule has 0 bridgehead atoms. The van der Waals surface area contributed by atoms with Crippen molar-refractivity contribution in [2.75, 3.05) is 18.4 Å². The van der Waals surface area contributed by atoms with Crippen molar-refractivity contribution < 1.29 is 27.6 Å². The summed E-state index contributed by atoms with van der Waals surface area (Å²) in [5.41, 5.74) is 2.60. The molecule has 1 saturated heterocycles. The summed E-state index contributed by atoms with van der Waals surface area (Å²) in [5.74, 6) is -1.01. The Morgan fingerprint density at radius 3 is 2.09 bits per heavy atom. The van der Waals surface area contributed by atoms with Crippen LogP contribution in [0.1, 0.15) is 62.7 Å². The number of halogens is 3. The van der Waals surface area contributed by atoms with Crippen molar-refractivity contribution in [2.45, 2.75) is 38.4 Å². The highest BCUT2D eigenvalue weighted by molar-refractivity contribution is 6.09. The highest BCUT2D eigenvalue weighted by Crippen LogP contribution is 2.32. The molecular formula is C35H32F3N3O3. The van der Waals surface area contributed by atoms with Crippen LogP contribution in [-0.4, -0.2) is 35.7 Å². The summed E-state index contributed by atoms with van der Waals surface area (Å²) in [7, 11) is 0. The highest BCUT2D eigenvalue weighted by atomic mass is 19.4. The molecule has 3 amide bonds. The van der Waals surface area contributed by atoms with Gasteiger partial charge in [0, 0.05) is 29.9 Å². The summed E-state index contributed by atoms with van der Waals surface area (Å²) < 4.78 is 39.1. The molecule has 0 radical (unpaired) electrons. The van der Waals surface area contributed by atoms with Crippen LogP contribution in [0.4, 0.5) is 18.9 Å². The maximum Gasteiger partial charge on any atom is 0.416 e. The Morgan fingerprint density at radius 1 is 0.773 bits per heavy atom. The van der Waals surface area contributed by atoms with Gasteiger partial charge in [0.25, 0.3) is 11.8 Å². The molecule has 1 heterocycles. The Labute approximate surface area is 253 Å². The summed E-state index contributed by atoms with van der Waals surface area (Å²) in [6.07, 6.45) is -1.51. The van der Waals surface area contributed by atoms with Crippen molar-refractivity contribution in [1.82, 2.24) is 10.2 Å². The van der Waals surface area contributed by atoms with Gasteiger partial charge in [0.15, 0.2) is 0 Å². The first-order chi connectivity index (χ1) is 21.1. The van der Waals surface area contributed by atoms with E-state index in [-0.39, 0.29) is 11.5 Å². The topological polar surface area (TPSA) is 78.5 Å². The smallest absolute Gasteiger partial charge is 0.341 e. The van der Waals surface area contributed by atoms with Crippen molar-refractivity contribution in [3.8, 4) is 11.1 Å². The van der Waals surface area contributed by atoms with Crippen molar-refractivity contribution in [3.63, 3.8) is 0 Å². The van der Waals surface area contributed by atoms with E-state index in [1.54, 1.807) is 54.3 Å². The number of nitrogens with zero attached hydrogens (tertiary/aromatic N) is 1. The molecule has 1 fully saturated rings. The number of nitrogens with one attached hydrogen (secondary N) is 2. The molecule has 2 N–H and O–H groups in total. The number of benzene rings is 4. The predicted octanol–water partition coefficient (Wildman–Crippen LogP) is 7.42. The maximum atomic E-state index is 13.4. The van der Waals surface area contributed by atoms with E-state index in [1.807, 2.05) is 30.3 Å². The average molecular weight is 600 g/mol. The second-order valence-electron chi connectivity index (χ2n) is 10.8. The Balaban J connectivity index is 1.32. The number of anilines is 1. The first-order valence-electron chi connectivity index (χ1n) is 14.4. The van der Waals surface area contributed by atoms with Crippen LogP contribution in [0.25, 0.3) is 11.1 Å². The van der Waals surface area contributed by atoms with Crippen LogP contribution >= 0.6 is 0 Å². The van der Waals surface area contributed by atoms with Crippen LogP contribution in [0.15, 0.2) is 97.1 Å². The van der Waals surface area contributed by atoms with Gasteiger partial charge in [-0.05, 0) is 84.8 Å². The SMILES string of the molecule is Cc1cc(C(=O)N[C@H](C(=O)N2CCCCC2)c2ccccc2)ccc1NC(=O)c1ccccc1-c1ccc(C(F)(F)F)cc1. The number of carbonyl (C=O) groups excluding carboxylic acids is 3. The molecule has 0 aromatic heterocycles. The minimum absolute atomic E-state index is 0.142. The third-order valence-corrected chi connectivity index (χ3v) is 7.75. The number of likely N-dealkylation sites (tertiary alicyclic amines) is 1. The molecule has 226 valence electrons. The lowest BCUT2D eigenvalue weighted by atomic mass is 9.98. The fourth-order valence-electron chi connectivity index (χ4n) is 5.35. The molecule has 0 spiro atoms. The monoisotopic (exact) mass is 599 g/mol. The van der Waals surface area contributed by atoms with E-state index in [4.69, 9.17) is 0 Å². The van der Waals surface area contributed by atoms with Gasteiger partial charge < -0.3 is 15.5 Å². The van der Waals surface area contributed by atoms with Gasteiger partial charge in [-0.15, -0.1) is 0 Å². The van der Waals surface area contributed by atoms with E-state index < -0.39 is 29.6 Å². The zero-order chi connectivity index (χ0) is 31.3. The van der Waals surface area contributed by atoms with E-state index in [0.717, 1.165) is 31.4 Å². The van der Waals surface area contributed by atoms with E-state index in [0.29, 0.717) is 46.6 Å². The lowest BCUT2D eigenvalue weighted by molar-refractivity contribution is -0.137. The van der Waals surface area contributed by atoms with E-state index >= 15 is 0 Å². The minimum atomic E-state index is -4.46. The minimum Gasteiger partial charge on any atom is -0.341 e. The van der Waals surface area contributed by atoms with Crippen LogP contribution in [-0.2, 0) is 11.0 Å². The third kappa shape index (κ3) is 6.99. The van der Waals surface area contributed by atoms with Crippen LogP contribution in [0.2, 0.25) is 0 Å². The molecule has 4 aromatic rings. The fraction of sp³-hybridized carbons (Fsp3) is 0.229. The van der Waals surface area contributed by atoms with Crippen LogP contribution in [0.5, 0.6) is 0 Å². The fourth-order valence-corrected chi connectivity index (χ4v) is 5.35. The summed E-state index contributed by atoms with van der Waals surface area (Å²) in [6.45, 7) is 3.07. The number of rotatable bonds is 7. The summed E-state index contributed by atoms with van der Waals surface area (Å²) in [5, 5.41) is 5.77. The molecule has 1 aliphatic rings. The Hall–Kier alpha value is -4.92. The number of hydrogen-bond donors (Lipinski definition) is 2. The third-order valence-electron chi connectivity index (χ3n) is 7.75. The van der Waals surface area contributed by atoms with Gasteiger partial charge in [-0.1, -0.05) is 60.7 Å². The van der Waals surface area contributed by atoms with E-state index in [2.05, 4.69) is 10.6 Å². The predicted molar refractivity (Wildman–Crippen MR) is 163 cm³/mol. The Morgan fingerprint density at radius 2 is 1.43 bits per heavy atom. The molecule has 1 aliphatic heterocycles. The first kappa shape index (κ1) is 30.5. The van der Waals surface area contributed by atoms with Crippen molar-refractivity contribution in [2.24, 2.45) is 0 Å². The van der Waals surface area contributed by atoms with Gasteiger partial charge >= 0.3 is 6.18 Å². The van der Waals surface area contributed by atoms with Gasteiger partial charge in [0.2, 0.25) is 5.91 Å². The number of aryl methyl sites for hydroxylation is 1. The quantitative estimate of drug-likeness (QED) is 0.232. The van der Waals surface area contributed by atoms with Crippen LogP contribution in [0, 0.1) is 6.92 Å². The molecule has 0 aliphatic carbocycles. The van der Waals surface area contributed by atoms with Crippen LogP contribution in [0.3, 0.4) is 0 Å². The normalized spacial score (nSPS) is 14.0. The Kier molecular flexibility index (Phi) is 9.13. The van der Waals surface area contributed by atoms with Gasteiger partial charge in [0.05, 0.1) is 5.56 Å². The number of piperidine rings is 1. The summed E-state index contributed by atoms with van der Waals surface area (Å²) in [4.78, 5) is 41.9. The van der Waals surface area contributed by atoms with Crippen molar-refractivity contribution >= 4 is 23.4 Å². The highest BCUT2D eigenvalue weighted by Gasteiger charge is 2.31. The Bertz CT molecular complexity index is 1650. The zero-order valence-corrected chi connectivity index (χ0v) is 24.2. The molecule has 6 nitrogen and oxygen atoms in total. The molecule has 1 atom stereocenters. The van der Waals surface area contributed by atoms with E-state index in [1.165, 1.54) is 12.1 Å². The summed E-state index contributed by atoms with van der Waals surface area (Å²) in [6, 6.07) is 24.5. The molecular weight excluding hydrogens is 567 g/mol. The zero-order valence-electron chi connectivity index (χ0n) is 24.2. The second kappa shape index (κ2) is 13.2. The van der Waals surface area contributed by atoms with Gasteiger partial charge in [-0.2, -0.15) is 13.2 Å². The molecule has 9 heteroatoms. The summed E-state index contributed by atoms with van der Waals surface area (Å²) >= 11 is 0. The number of carbonyl (C=O) groups is 3. The molecule has 0 saturated carbocycles. The standard InChI is InChI=1S/C35H32F3N3O3/c1-23-22-26(32(42)40-31(25-10-4-2-5-11-25)34(44)41-20-8-3-9-21-41)16-19-30(23)39-33(43)29-13-7-6-12-28(29)24-14-17-27(18-15-24)35(36,37)38/h2,4-7,10-19,22,31H,3,8-9,20-21H2,1H3,(H,39,43)(H,40,42)/t31-/m0/s1. The number of hydrogen-bond acceptors (Lipinski definition) is 3. The molecule has 0 unspecified atom stereocenters. The van der Waals surface area contributed by atoms with Crippen molar-refractivity contribution in [3.05, 3.63) is 125 Å². The second-order valence-corrected chi connectivity index (χ2v) is 10.8. The largest absolute Gasteiger partial charge is 0.416 e. The molecule has 5 rings (SSSR count). The van der Waals surface area contributed by atoms with Gasteiger partial charge in [0.1, 0.15) is 6.04 Å². The first-order valence-corrected chi connectivity index (χ1v) is 14.4. The van der Waals surface area contributed by atoms with Gasteiger partial charge in [-0.25, -0.2) is 0 Å². The lowest BCUT2D eigenvalue weighted by Gasteiger charge is -2.31. The van der Waals surface area contributed by atoms with E-state index in [9.17, 15) is 27.6 Å². The maximum absolute atomic E-state index is 13.4. The molecule has 4 aromatic carbocycles. The number of amides is 3. The van der Waals surface area contributed by atoms with Crippen molar-refractivity contribution in [1.29, 1.82) is 0 Å². The average Bonchev–Trinajstić information content (AvgIpc) is 3.04.